The average Bonchev–Trinajstić information content (AvgIpc) is 2.36. The Hall–Kier alpha value is -1.88. The number of aliphatic carboxylic acids is 1. The molecule has 0 saturated carbocycles. The second-order valence-electron chi connectivity index (χ2n) is 4.08. The summed E-state index contributed by atoms with van der Waals surface area (Å²) in [6, 6.07) is 6.99. The molecule has 1 atom stereocenters. The van der Waals surface area contributed by atoms with E-state index in [0.29, 0.717) is 12.2 Å². The first-order valence-corrected chi connectivity index (χ1v) is 5.63. The van der Waals surface area contributed by atoms with Crippen molar-refractivity contribution in [3.05, 3.63) is 35.4 Å². The van der Waals surface area contributed by atoms with Gasteiger partial charge in [-0.1, -0.05) is 19.1 Å². The number of methoxy groups -OCH3 is 1. The zero-order valence-corrected chi connectivity index (χ0v) is 10.5. The van der Waals surface area contributed by atoms with Gasteiger partial charge in [0.25, 0.3) is 5.91 Å². The summed E-state index contributed by atoms with van der Waals surface area (Å²) in [5, 5.41) is 11.3. The molecule has 0 bridgehead atoms. The minimum atomic E-state index is -0.925. The van der Waals surface area contributed by atoms with Crippen LogP contribution in [0.1, 0.15) is 22.8 Å². The molecule has 0 saturated heterocycles. The second kappa shape index (κ2) is 6.76. The van der Waals surface area contributed by atoms with Gasteiger partial charge in [-0.25, -0.2) is 0 Å². The molecule has 0 aliphatic carbocycles. The fourth-order valence-electron chi connectivity index (χ4n) is 1.35. The van der Waals surface area contributed by atoms with Crippen molar-refractivity contribution >= 4 is 11.9 Å². The number of ether oxygens (including phenoxy) is 1. The standard InChI is InChI=1S/C13H17NO4/c1-9(13(16)17)7-14-12(15)11-5-3-10(4-6-11)8-18-2/h3-6,9H,7-8H2,1-2H3,(H,14,15)(H,16,17). The summed E-state index contributed by atoms with van der Waals surface area (Å²) in [4.78, 5) is 22.3. The minimum absolute atomic E-state index is 0.119. The van der Waals surface area contributed by atoms with Gasteiger partial charge in [0.2, 0.25) is 0 Å². The summed E-state index contributed by atoms with van der Waals surface area (Å²) in [7, 11) is 1.61. The normalized spacial score (nSPS) is 11.9. The van der Waals surface area contributed by atoms with Crippen molar-refractivity contribution in [1.82, 2.24) is 5.32 Å². The van der Waals surface area contributed by atoms with Crippen LogP contribution in [-0.2, 0) is 16.1 Å². The van der Waals surface area contributed by atoms with Crippen LogP contribution in [0, 0.1) is 5.92 Å². The number of hydrogen-bond acceptors (Lipinski definition) is 3. The largest absolute Gasteiger partial charge is 0.481 e. The number of carbonyl (C=O) groups excluding carboxylic acids is 1. The Bertz CT molecular complexity index is 414. The topological polar surface area (TPSA) is 75.6 Å². The fraction of sp³-hybridized carbons (Fsp3) is 0.385. The van der Waals surface area contributed by atoms with Crippen molar-refractivity contribution in [1.29, 1.82) is 0 Å². The van der Waals surface area contributed by atoms with Gasteiger partial charge < -0.3 is 15.2 Å². The van der Waals surface area contributed by atoms with Gasteiger partial charge in [-0.3, -0.25) is 9.59 Å². The molecule has 0 fully saturated rings. The summed E-state index contributed by atoms with van der Waals surface area (Å²) >= 11 is 0. The molecule has 0 aliphatic heterocycles. The van der Waals surface area contributed by atoms with E-state index in [0.717, 1.165) is 5.56 Å². The zero-order chi connectivity index (χ0) is 13.5. The van der Waals surface area contributed by atoms with Crippen LogP contribution in [0.3, 0.4) is 0 Å². The molecule has 0 radical (unpaired) electrons. The predicted molar refractivity (Wildman–Crippen MR) is 66.3 cm³/mol. The molecule has 5 heteroatoms. The Morgan fingerprint density at radius 1 is 1.33 bits per heavy atom. The molecule has 2 N–H and O–H groups in total. The number of nitrogens with one attached hydrogen (secondary N) is 1. The molecule has 0 aliphatic rings. The van der Waals surface area contributed by atoms with Crippen molar-refractivity contribution in [2.75, 3.05) is 13.7 Å². The van der Waals surface area contributed by atoms with Gasteiger partial charge >= 0.3 is 5.97 Å². The van der Waals surface area contributed by atoms with E-state index >= 15 is 0 Å². The molecule has 1 aromatic carbocycles. The molecular weight excluding hydrogens is 234 g/mol. The van der Waals surface area contributed by atoms with Crippen molar-refractivity contribution < 1.29 is 19.4 Å². The zero-order valence-electron chi connectivity index (χ0n) is 10.5. The smallest absolute Gasteiger partial charge is 0.308 e. The Kier molecular flexibility index (Phi) is 5.32. The number of carboxylic acid groups (broad SMARTS) is 1. The lowest BCUT2D eigenvalue weighted by atomic mass is 10.1. The first-order valence-electron chi connectivity index (χ1n) is 5.63. The molecule has 0 aromatic heterocycles. The first-order chi connectivity index (χ1) is 8.54. The van der Waals surface area contributed by atoms with Crippen LogP contribution in [0.15, 0.2) is 24.3 Å². The maximum absolute atomic E-state index is 11.7. The van der Waals surface area contributed by atoms with Crippen LogP contribution in [0.2, 0.25) is 0 Å². The number of hydrogen-bond donors (Lipinski definition) is 2. The summed E-state index contributed by atoms with van der Waals surface area (Å²) in [6.45, 7) is 2.16. The van der Waals surface area contributed by atoms with Crippen LogP contribution >= 0.6 is 0 Å². The van der Waals surface area contributed by atoms with E-state index in [9.17, 15) is 9.59 Å². The highest BCUT2D eigenvalue weighted by molar-refractivity contribution is 5.94. The third kappa shape index (κ3) is 4.18. The average molecular weight is 251 g/mol. The summed E-state index contributed by atoms with van der Waals surface area (Å²) in [5.41, 5.74) is 1.49. The highest BCUT2D eigenvalue weighted by Gasteiger charge is 2.12. The SMILES string of the molecule is COCc1ccc(C(=O)NCC(C)C(=O)O)cc1. The molecule has 1 unspecified atom stereocenters. The van der Waals surface area contributed by atoms with Crippen LogP contribution in [0.25, 0.3) is 0 Å². The van der Waals surface area contributed by atoms with Gasteiger partial charge in [0.05, 0.1) is 12.5 Å². The number of benzene rings is 1. The maximum Gasteiger partial charge on any atom is 0.308 e. The minimum Gasteiger partial charge on any atom is -0.481 e. The van der Waals surface area contributed by atoms with E-state index in [1.165, 1.54) is 0 Å². The molecule has 5 nitrogen and oxygen atoms in total. The van der Waals surface area contributed by atoms with E-state index in [4.69, 9.17) is 9.84 Å². The van der Waals surface area contributed by atoms with Gasteiger partial charge in [0.1, 0.15) is 0 Å². The van der Waals surface area contributed by atoms with E-state index in [2.05, 4.69) is 5.32 Å². The highest BCUT2D eigenvalue weighted by Crippen LogP contribution is 2.05. The van der Waals surface area contributed by atoms with Crippen molar-refractivity contribution in [3.63, 3.8) is 0 Å². The third-order valence-electron chi connectivity index (χ3n) is 2.52. The van der Waals surface area contributed by atoms with E-state index in [1.807, 2.05) is 0 Å². The summed E-state index contributed by atoms with van der Waals surface area (Å²) < 4.78 is 4.97. The van der Waals surface area contributed by atoms with Crippen molar-refractivity contribution in [2.45, 2.75) is 13.5 Å². The van der Waals surface area contributed by atoms with Crippen molar-refractivity contribution in [2.24, 2.45) is 5.92 Å². The van der Waals surface area contributed by atoms with Gasteiger partial charge in [-0.05, 0) is 17.7 Å². The van der Waals surface area contributed by atoms with Crippen LogP contribution in [0.4, 0.5) is 0 Å². The first kappa shape index (κ1) is 14.2. The van der Waals surface area contributed by atoms with Crippen LogP contribution in [0.5, 0.6) is 0 Å². The van der Waals surface area contributed by atoms with Crippen LogP contribution < -0.4 is 5.32 Å². The molecular formula is C13H17NO4. The Labute approximate surface area is 106 Å². The molecule has 98 valence electrons. The number of rotatable bonds is 6. The van der Waals surface area contributed by atoms with Crippen LogP contribution in [-0.4, -0.2) is 30.6 Å². The molecule has 1 amide bonds. The maximum atomic E-state index is 11.7. The molecule has 1 rings (SSSR count). The number of carbonyl (C=O) groups is 2. The van der Waals surface area contributed by atoms with Gasteiger partial charge in [-0.2, -0.15) is 0 Å². The Balaban J connectivity index is 2.54. The summed E-state index contributed by atoms with van der Waals surface area (Å²) in [5.74, 6) is -1.79. The molecule has 0 heterocycles. The predicted octanol–water partition coefficient (Wildman–Crippen LogP) is 1.28. The Morgan fingerprint density at radius 3 is 2.44 bits per heavy atom. The van der Waals surface area contributed by atoms with Gasteiger partial charge in [0, 0.05) is 19.2 Å². The lowest BCUT2D eigenvalue weighted by molar-refractivity contribution is -0.140. The molecule has 1 aromatic rings. The number of amides is 1. The van der Waals surface area contributed by atoms with Gasteiger partial charge in [0.15, 0.2) is 0 Å². The quantitative estimate of drug-likeness (QED) is 0.798. The Morgan fingerprint density at radius 2 is 1.94 bits per heavy atom. The van der Waals surface area contributed by atoms with Crippen molar-refractivity contribution in [3.8, 4) is 0 Å². The fourth-order valence-corrected chi connectivity index (χ4v) is 1.35. The van der Waals surface area contributed by atoms with Gasteiger partial charge in [-0.15, -0.1) is 0 Å². The molecule has 18 heavy (non-hydrogen) atoms. The van der Waals surface area contributed by atoms with E-state index < -0.39 is 11.9 Å². The molecule has 0 spiro atoms. The van der Waals surface area contributed by atoms with E-state index in [1.54, 1.807) is 38.3 Å². The highest BCUT2D eigenvalue weighted by atomic mass is 16.5. The number of carboxylic acids is 1. The monoisotopic (exact) mass is 251 g/mol. The third-order valence-corrected chi connectivity index (χ3v) is 2.52. The summed E-state index contributed by atoms with van der Waals surface area (Å²) in [6.07, 6.45) is 0. The lowest BCUT2D eigenvalue weighted by Crippen LogP contribution is -2.31. The van der Waals surface area contributed by atoms with E-state index in [-0.39, 0.29) is 12.5 Å². The lowest BCUT2D eigenvalue weighted by Gasteiger charge is -2.08. The second-order valence-corrected chi connectivity index (χ2v) is 4.08.